The zero-order valence-corrected chi connectivity index (χ0v) is 9.30. The van der Waals surface area contributed by atoms with Crippen LogP contribution < -0.4 is 0 Å². The highest BCUT2D eigenvalue weighted by Gasteiger charge is 2.29. The molecular formula is C9H16BrNO. The fraction of sp³-hybridized carbons (Fsp3) is 0.889. The second-order valence-electron chi connectivity index (χ2n) is 3.67. The van der Waals surface area contributed by atoms with Gasteiger partial charge in [0.2, 0.25) is 5.91 Å². The summed E-state index contributed by atoms with van der Waals surface area (Å²) in [5.41, 5.74) is 0. The monoisotopic (exact) mass is 233 g/mol. The predicted molar refractivity (Wildman–Crippen MR) is 53.4 cm³/mol. The molecule has 70 valence electrons. The number of alkyl halides is 1. The summed E-state index contributed by atoms with van der Waals surface area (Å²) >= 11 is 3.21. The van der Waals surface area contributed by atoms with Crippen molar-refractivity contribution in [3.8, 4) is 0 Å². The molecular weight excluding hydrogens is 218 g/mol. The molecule has 0 spiro atoms. The van der Waals surface area contributed by atoms with Gasteiger partial charge in [0.25, 0.3) is 0 Å². The quantitative estimate of drug-likeness (QED) is 0.669. The Bertz CT molecular complexity index is 170. The summed E-state index contributed by atoms with van der Waals surface area (Å²) in [4.78, 5) is 13.4. The van der Waals surface area contributed by atoms with E-state index in [-0.39, 0.29) is 5.91 Å². The number of carbonyl (C=O) groups is 1. The molecule has 1 rings (SSSR count). The molecule has 1 saturated heterocycles. The lowest BCUT2D eigenvalue weighted by Gasteiger charge is -2.26. The molecule has 1 unspecified atom stereocenters. The van der Waals surface area contributed by atoms with Crippen LogP contribution in [0.3, 0.4) is 0 Å². The highest BCUT2D eigenvalue weighted by Crippen LogP contribution is 2.23. The van der Waals surface area contributed by atoms with E-state index in [0.717, 1.165) is 6.54 Å². The minimum absolute atomic E-state index is 0.242. The Morgan fingerprint density at radius 1 is 1.67 bits per heavy atom. The summed E-state index contributed by atoms with van der Waals surface area (Å²) in [7, 11) is 0. The average Bonchev–Trinajstić information content (AvgIpc) is 2.50. The zero-order valence-electron chi connectivity index (χ0n) is 7.72. The van der Waals surface area contributed by atoms with E-state index < -0.39 is 0 Å². The molecule has 1 heterocycles. The molecule has 0 bridgehead atoms. The Kier molecular flexibility index (Phi) is 3.56. The number of nitrogens with zero attached hydrogens (tertiary/aromatic N) is 1. The maximum absolute atomic E-state index is 11.4. The highest BCUT2D eigenvalue weighted by atomic mass is 79.9. The maximum Gasteiger partial charge on any atom is 0.233 e. The van der Waals surface area contributed by atoms with Gasteiger partial charge in [0.05, 0.1) is 5.33 Å². The van der Waals surface area contributed by atoms with Gasteiger partial charge in [-0.25, -0.2) is 0 Å². The lowest BCUT2D eigenvalue weighted by atomic mass is 10.0. The van der Waals surface area contributed by atoms with Gasteiger partial charge in [-0.1, -0.05) is 29.8 Å². The van der Waals surface area contributed by atoms with E-state index in [1.807, 2.05) is 4.90 Å². The number of hydrogen-bond donors (Lipinski definition) is 0. The first-order valence-corrected chi connectivity index (χ1v) is 5.64. The molecule has 0 radical (unpaired) electrons. The Morgan fingerprint density at radius 3 is 2.83 bits per heavy atom. The van der Waals surface area contributed by atoms with Gasteiger partial charge in [0.15, 0.2) is 0 Å². The van der Waals surface area contributed by atoms with E-state index in [4.69, 9.17) is 0 Å². The molecule has 1 fully saturated rings. The zero-order chi connectivity index (χ0) is 9.14. The van der Waals surface area contributed by atoms with Gasteiger partial charge in [0, 0.05) is 12.6 Å². The third kappa shape index (κ3) is 2.00. The van der Waals surface area contributed by atoms with Gasteiger partial charge in [-0.2, -0.15) is 0 Å². The third-order valence-corrected chi connectivity index (χ3v) is 2.98. The molecule has 12 heavy (non-hydrogen) atoms. The van der Waals surface area contributed by atoms with Crippen molar-refractivity contribution in [1.82, 2.24) is 4.90 Å². The summed E-state index contributed by atoms with van der Waals surface area (Å²) in [5, 5.41) is 0.468. The molecule has 0 saturated carbocycles. The van der Waals surface area contributed by atoms with Crippen LogP contribution in [-0.4, -0.2) is 28.7 Å². The van der Waals surface area contributed by atoms with Crippen molar-refractivity contribution in [3.63, 3.8) is 0 Å². The molecule has 2 nitrogen and oxygen atoms in total. The summed E-state index contributed by atoms with van der Waals surface area (Å²) in [6.07, 6.45) is 2.35. The Hall–Kier alpha value is -0.0500. The topological polar surface area (TPSA) is 20.3 Å². The number of halogens is 1. The molecule has 1 aliphatic heterocycles. The van der Waals surface area contributed by atoms with Crippen LogP contribution in [-0.2, 0) is 4.79 Å². The van der Waals surface area contributed by atoms with E-state index in [1.54, 1.807) is 0 Å². The summed E-state index contributed by atoms with van der Waals surface area (Å²) in [6.45, 7) is 5.32. The molecule has 3 heteroatoms. The molecule has 0 N–H and O–H groups in total. The fourth-order valence-electron chi connectivity index (χ4n) is 1.87. The van der Waals surface area contributed by atoms with Crippen molar-refractivity contribution in [2.75, 3.05) is 11.9 Å². The first-order chi connectivity index (χ1) is 5.66. The SMILES string of the molecule is CC(C)C1CCCN1C(=O)CBr. The van der Waals surface area contributed by atoms with Gasteiger partial charge in [-0.05, 0) is 18.8 Å². The first kappa shape index (κ1) is 10.0. The largest absolute Gasteiger partial charge is 0.339 e. The van der Waals surface area contributed by atoms with Crippen LogP contribution in [0.25, 0.3) is 0 Å². The number of carbonyl (C=O) groups excluding carboxylic acids is 1. The standard InChI is InChI=1S/C9H16BrNO/c1-7(2)8-4-3-5-11(8)9(12)6-10/h7-8H,3-6H2,1-2H3. The molecule has 1 aliphatic rings. The van der Waals surface area contributed by atoms with E-state index in [2.05, 4.69) is 29.8 Å². The van der Waals surface area contributed by atoms with Crippen molar-refractivity contribution in [1.29, 1.82) is 0 Å². The number of rotatable bonds is 2. The second-order valence-corrected chi connectivity index (χ2v) is 4.24. The molecule has 0 aromatic rings. The Balaban J connectivity index is 2.57. The van der Waals surface area contributed by atoms with Crippen molar-refractivity contribution < 1.29 is 4.79 Å². The van der Waals surface area contributed by atoms with Gasteiger partial charge in [-0.3, -0.25) is 4.79 Å². The van der Waals surface area contributed by atoms with E-state index >= 15 is 0 Å². The van der Waals surface area contributed by atoms with Crippen LogP contribution in [0, 0.1) is 5.92 Å². The number of hydrogen-bond acceptors (Lipinski definition) is 1. The van der Waals surface area contributed by atoms with E-state index in [0.29, 0.717) is 17.3 Å². The fourth-order valence-corrected chi connectivity index (χ4v) is 2.19. The predicted octanol–water partition coefficient (Wildman–Crippen LogP) is 2.03. The van der Waals surface area contributed by atoms with Gasteiger partial charge < -0.3 is 4.90 Å². The second kappa shape index (κ2) is 4.26. The van der Waals surface area contributed by atoms with Crippen molar-refractivity contribution in [2.24, 2.45) is 5.92 Å². The average molecular weight is 234 g/mol. The summed E-state index contributed by atoms with van der Waals surface area (Å²) in [6, 6.07) is 0.482. The summed E-state index contributed by atoms with van der Waals surface area (Å²) in [5.74, 6) is 0.835. The third-order valence-electron chi connectivity index (χ3n) is 2.50. The van der Waals surface area contributed by atoms with Crippen molar-refractivity contribution in [3.05, 3.63) is 0 Å². The maximum atomic E-state index is 11.4. The van der Waals surface area contributed by atoms with Crippen molar-refractivity contribution in [2.45, 2.75) is 32.7 Å². The lowest BCUT2D eigenvalue weighted by Crippen LogP contribution is -2.39. The number of amides is 1. The minimum atomic E-state index is 0.242. The van der Waals surface area contributed by atoms with Gasteiger partial charge >= 0.3 is 0 Å². The summed E-state index contributed by atoms with van der Waals surface area (Å²) < 4.78 is 0. The van der Waals surface area contributed by atoms with Gasteiger partial charge in [0.1, 0.15) is 0 Å². The van der Waals surface area contributed by atoms with Crippen molar-refractivity contribution >= 4 is 21.8 Å². The lowest BCUT2D eigenvalue weighted by molar-refractivity contribution is -0.129. The van der Waals surface area contributed by atoms with Crippen LogP contribution in [0.4, 0.5) is 0 Å². The van der Waals surface area contributed by atoms with Crippen LogP contribution >= 0.6 is 15.9 Å². The highest BCUT2D eigenvalue weighted by molar-refractivity contribution is 9.09. The molecule has 0 aromatic carbocycles. The molecule has 1 amide bonds. The first-order valence-electron chi connectivity index (χ1n) is 4.52. The smallest absolute Gasteiger partial charge is 0.233 e. The van der Waals surface area contributed by atoms with E-state index in [9.17, 15) is 4.79 Å². The molecule has 0 aliphatic carbocycles. The van der Waals surface area contributed by atoms with Crippen LogP contribution in [0.1, 0.15) is 26.7 Å². The Labute approximate surface area is 82.4 Å². The Morgan fingerprint density at radius 2 is 2.33 bits per heavy atom. The normalized spacial score (nSPS) is 23.7. The molecule has 0 aromatic heterocycles. The molecule has 1 atom stereocenters. The number of likely N-dealkylation sites (tertiary alicyclic amines) is 1. The van der Waals surface area contributed by atoms with Crippen LogP contribution in [0.15, 0.2) is 0 Å². The minimum Gasteiger partial charge on any atom is -0.339 e. The van der Waals surface area contributed by atoms with E-state index in [1.165, 1.54) is 12.8 Å². The van der Waals surface area contributed by atoms with Gasteiger partial charge in [-0.15, -0.1) is 0 Å². The van der Waals surface area contributed by atoms with Crippen LogP contribution in [0.2, 0.25) is 0 Å². The van der Waals surface area contributed by atoms with Crippen LogP contribution in [0.5, 0.6) is 0 Å².